The molecule has 6 heteroatoms. The van der Waals surface area contributed by atoms with Crippen molar-refractivity contribution in [2.24, 2.45) is 10.4 Å². The van der Waals surface area contributed by atoms with Gasteiger partial charge in [-0.25, -0.2) is 4.98 Å². The molecular weight excluding hydrogens is 942 g/mol. The topological polar surface area (TPSA) is 48.6 Å². The van der Waals surface area contributed by atoms with Crippen molar-refractivity contribution >= 4 is 27.7 Å². The fraction of sp³-hybridized carbons (Fsp3) is 0.357. The Morgan fingerprint density at radius 3 is 1.84 bits per heavy atom. The average molecular weight is 1000 g/mol. The number of ether oxygens (including phenoxy) is 2. The van der Waals surface area contributed by atoms with E-state index in [1.165, 1.54) is 22.3 Å². The first kappa shape index (κ1) is 45.0. The van der Waals surface area contributed by atoms with Gasteiger partial charge in [0.1, 0.15) is 22.9 Å². The van der Waals surface area contributed by atoms with E-state index in [1.807, 2.05) is 12.3 Å². The zero-order valence-electron chi connectivity index (χ0n) is 38.7. The Hall–Kier alpha value is -4.99. The molecule has 0 amide bonds. The number of fused-ring (bicyclic) bond motifs is 3. The quantitative estimate of drug-likeness (QED) is 0.143. The van der Waals surface area contributed by atoms with Gasteiger partial charge in [-0.05, 0) is 76.4 Å². The monoisotopic (exact) mass is 1000 g/mol. The Kier molecular flexibility index (Phi) is 11.8. The van der Waals surface area contributed by atoms with Gasteiger partial charge in [-0.2, -0.15) is 6.07 Å². The van der Waals surface area contributed by atoms with E-state index in [2.05, 4.69) is 216 Å². The van der Waals surface area contributed by atoms with Crippen molar-refractivity contribution in [1.29, 1.82) is 0 Å². The molecule has 7 aromatic rings. The number of nitrogens with zero attached hydrogens (tertiary/aromatic N) is 3. The number of aliphatic imine (C=N–C) groups is 1. The van der Waals surface area contributed by atoms with Crippen molar-refractivity contribution in [3.63, 3.8) is 0 Å². The van der Waals surface area contributed by atoms with E-state index in [-0.39, 0.29) is 49.1 Å². The van der Waals surface area contributed by atoms with Crippen LogP contribution in [0, 0.1) is 17.5 Å². The molecule has 0 radical (unpaired) electrons. The van der Waals surface area contributed by atoms with Gasteiger partial charge in [0.15, 0.2) is 0 Å². The molecule has 2 atom stereocenters. The zero-order valence-corrected chi connectivity index (χ0v) is 40.9. The molecule has 322 valence electrons. The van der Waals surface area contributed by atoms with E-state index < -0.39 is 11.1 Å². The molecule has 2 aromatic heterocycles. The summed E-state index contributed by atoms with van der Waals surface area (Å²) in [6.07, 6.45) is 1.91. The third-order valence-electron chi connectivity index (χ3n) is 13.2. The molecule has 0 fully saturated rings. The minimum Gasteiger partial charge on any atom is -0.511 e. The fourth-order valence-electron chi connectivity index (χ4n) is 9.02. The summed E-state index contributed by atoms with van der Waals surface area (Å²) in [7, 11) is 0. The summed E-state index contributed by atoms with van der Waals surface area (Å²) in [4.78, 5) is 10.6. The van der Waals surface area contributed by atoms with Crippen LogP contribution in [0.5, 0.6) is 11.5 Å². The van der Waals surface area contributed by atoms with Crippen LogP contribution in [0.2, 0.25) is 0 Å². The summed E-state index contributed by atoms with van der Waals surface area (Å²) < 4.78 is 16.3. The summed E-state index contributed by atoms with van der Waals surface area (Å²) in [5.41, 5.74) is 7.02. The van der Waals surface area contributed by atoms with Gasteiger partial charge < -0.3 is 14.0 Å². The number of rotatable bonds is 8. The standard InChI is InChI=1S/C56H61N3O2.Pt/c1-36(2)39-30-40(51-58-55(12,56(13,61-51)54(9,10)11)50(37-20-16-14-17-21-37)38-22-18-15-19-23-38)32-44(31-39)60-43-25-26-45-46-33-41(52(3,4)5)24-27-47(46)59(48(45)35-43)49-34-42(28-29-57-49)53(6,7)8;/h14-31,33-34,36,50H,1-13H3;/q-2;+2/t55-,56-;/m1./s1. The molecule has 0 aliphatic carbocycles. The summed E-state index contributed by atoms with van der Waals surface area (Å²) in [6, 6.07) is 48.3. The van der Waals surface area contributed by atoms with Crippen LogP contribution in [0.15, 0.2) is 126 Å². The smallest absolute Gasteiger partial charge is 0.511 e. The summed E-state index contributed by atoms with van der Waals surface area (Å²) >= 11 is 0. The SMILES string of the molecule is CC(C)c1cc(Oc2[c-]c3c(cc2)c2cc(C(C)(C)C)ccc2n3-c2cc(C(C)(C)C)ccn2)[c-]c(C2=N[C@](C)(C(c3ccccc3)c3ccccc3)[C@@](C)(C(C)(C)C)O2)c1.[Pt+2]. The molecule has 0 bridgehead atoms. The van der Waals surface area contributed by atoms with Gasteiger partial charge in [0, 0.05) is 34.5 Å². The minimum absolute atomic E-state index is 0. The van der Waals surface area contributed by atoms with Crippen LogP contribution >= 0.6 is 0 Å². The number of pyridine rings is 1. The van der Waals surface area contributed by atoms with Crippen molar-refractivity contribution in [1.82, 2.24) is 9.55 Å². The fourth-order valence-corrected chi connectivity index (χ4v) is 9.02. The Morgan fingerprint density at radius 1 is 0.645 bits per heavy atom. The summed E-state index contributed by atoms with van der Waals surface area (Å²) in [5.74, 6) is 2.74. The van der Waals surface area contributed by atoms with Crippen LogP contribution in [0.4, 0.5) is 0 Å². The number of aromatic nitrogens is 2. The van der Waals surface area contributed by atoms with Crippen molar-refractivity contribution in [3.05, 3.63) is 167 Å². The van der Waals surface area contributed by atoms with E-state index in [0.717, 1.165) is 38.8 Å². The third kappa shape index (κ3) is 8.07. The Labute approximate surface area is 384 Å². The third-order valence-corrected chi connectivity index (χ3v) is 13.2. The van der Waals surface area contributed by atoms with E-state index in [4.69, 9.17) is 19.5 Å². The maximum Gasteiger partial charge on any atom is 2.00 e. The van der Waals surface area contributed by atoms with Gasteiger partial charge in [0.2, 0.25) is 0 Å². The second-order valence-electron chi connectivity index (χ2n) is 20.7. The van der Waals surface area contributed by atoms with E-state index in [9.17, 15) is 0 Å². The van der Waals surface area contributed by atoms with Crippen LogP contribution in [0.3, 0.4) is 0 Å². The van der Waals surface area contributed by atoms with E-state index >= 15 is 0 Å². The van der Waals surface area contributed by atoms with Crippen LogP contribution in [-0.2, 0) is 36.6 Å². The molecule has 1 aliphatic heterocycles. The van der Waals surface area contributed by atoms with E-state index in [0.29, 0.717) is 17.4 Å². The van der Waals surface area contributed by atoms with Gasteiger partial charge in [0.05, 0.1) is 0 Å². The first-order valence-corrected chi connectivity index (χ1v) is 21.8. The molecule has 8 rings (SSSR count). The van der Waals surface area contributed by atoms with Crippen LogP contribution in [-0.4, -0.2) is 26.6 Å². The predicted molar refractivity (Wildman–Crippen MR) is 253 cm³/mol. The van der Waals surface area contributed by atoms with Gasteiger partial charge in [-0.3, -0.25) is 4.99 Å². The van der Waals surface area contributed by atoms with Gasteiger partial charge >= 0.3 is 21.1 Å². The minimum atomic E-state index is -0.703. The largest absolute Gasteiger partial charge is 2.00 e. The summed E-state index contributed by atoms with van der Waals surface area (Å²) in [6.45, 7) is 29.1. The van der Waals surface area contributed by atoms with Crippen molar-refractivity contribution in [2.45, 2.75) is 124 Å². The Balaban J connectivity index is 0.00000578. The molecule has 5 aromatic carbocycles. The molecule has 3 heterocycles. The zero-order chi connectivity index (χ0) is 43.7. The molecule has 0 saturated heterocycles. The van der Waals surface area contributed by atoms with Crippen molar-refractivity contribution in [3.8, 4) is 17.3 Å². The molecule has 1 aliphatic rings. The van der Waals surface area contributed by atoms with Crippen LogP contribution < -0.4 is 4.74 Å². The van der Waals surface area contributed by atoms with Crippen molar-refractivity contribution < 1.29 is 30.5 Å². The van der Waals surface area contributed by atoms with Crippen molar-refractivity contribution in [2.75, 3.05) is 0 Å². The Morgan fingerprint density at radius 2 is 1.26 bits per heavy atom. The number of hydrogen-bond donors (Lipinski definition) is 0. The Bertz CT molecular complexity index is 2730. The number of hydrogen-bond acceptors (Lipinski definition) is 4. The van der Waals surface area contributed by atoms with Gasteiger partial charge in [-0.1, -0.05) is 172 Å². The normalized spacial score (nSPS) is 18.3. The molecular formula is C56H61N3O2Pt. The maximum atomic E-state index is 7.25. The first-order valence-electron chi connectivity index (χ1n) is 21.8. The average Bonchev–Trinajstić information content (AvgIpc) is 3.69. The molecule has 0 unspecified atom stereocenters. The van der Waals surface area contributed by atoms with Crippen LogP contribution in [0.25, 0.3) is 27.6 Å². The van der Waals surface area contributed by atoms with Gasteiger partial charge in [0.25, 0.3) is 0 Å². The summed E-state index contributed by atoms with van der Waals surface area (Å²) in [5, 5.41) is 2.26. The molecule has 62 heavy (non-hydrogen) atoms. The second kappa shape index (κ2) is 16.3. The molecule has 5 nitrogen and oxygen atoms in total. The van der Waals surface area contributed by atoms with Crippen LogP contribution in [0.1, 0.15) is 135 Å². The molecule has 0 spiro atoms. The second-order valence-corrected chi connectivity index (χ2v) is 20.7. The van der Waals surface area contributed by atoms with E-state index in [1.54, 1.807) is 0 Å². The maximum absolute atomic E-state index is 7.25. The molecule has 0 N–H and O–H groups in total. The first-order chi connectivity index (χ1) is 28.7. The number of benzene rings is 5. The molecule has 0 saturated carbocycles. The predicted octanol–water partition coefficient (Wildman–Crippen LogP) is 14.5. The van der Waals surface area contributed by atoms with Gasteiger partial charge in [-0.15, -0.1) is 29.1 Å².